The molecule has 2 N–H and O–H groups in total. The van der Waals surface area contributed by atoms with Gasteiger partial charge in [-0.1, -0.05) is 0 Å². The van der Waals surface area contributed by atoms with E-state index in [9.17, 15) is 9.59 Å². The molecule has 0 aromatic carbocycles. The molecule has 5 nitrogen and oxygen atoms in total. The number of carboxylic acid groups (broad SMARTS) is 1. The minimum absolute atomic E-state index is 0.0597. The Morgan fingerprint density at radius 2 is 2.25 bits per heavy atom. The molecular weight excluding hydrogens is 208 g/mol. The molecule has 0 saturated heterocycles. The summed E-state index contributed by atoms with van der Waals surface area (Å²) in [5, 5.41) is 11.7. The summed E-state index contributed by atoms with van der Waals surface area (Å²) in [5.74, 6) is -1.16. The van der Waals surface area contributed by atoms with E-state index < -0.39 is 5.97 Å². The van der Waals surface area contributed by atoms with Crippen LogP contribution in [0.15, 0.2) is 18.3 Å². The van der Waals surface area contributed by atoms with Gasteiger partial charge >= 0.3 is 5.97 Å². The van der Waals surface area contributed by atoms with Crippen molar-refractivity contribution in [2.75, 3.05) is 0 Å². The van der Waals surface area contributed by atoms with Gasteiger partial charge in [-0.15, -0.1) is 0 Å². The second kappa shape index (κ2) is 3.66. The molecule has 1 saturated carbocycles. The highest BCUT2D eigenvalue weighted by molar-refractivity contribution is 5.87. The third-order valence-corrected chi connectivity index (χ3v) is 2.80. The van der Waals surface area contributed by atoms with Crippen LogP contribution in [0.1, 0.15) is 30.3 Å². The van der Waals surface area contributed by atoms with Crippen molar-refractivity contribution in [1.82, 2.24) is 9.88 Å². The lowest BCUT2D eigenvalue weighted by Crippen LogP contribution is -2.36. The normalized spacial score (nSPS) is 16.8. The molecule has 16 heavy (non-hydrogen) atoms. The molecule has 1 aromatic rings. The van der Waals surface area contributed by atoms with Crippen molar-refractivity contribution >= 4 is 11.9 Å². The summed E-state index contributed by atoms with van der Waals surface area (Å²) < 4.78 is 1.43. The predicted molar refractivity (Wildman–Crippen MR) is 57.2 cm³/mol. The van der Waals surface area contributed by atoms with E-state index in [4.69, 9.17) is 5.11 Å². The zero-order valence-electron chi connectivity index (χ0n) is 9.06. The van der Waals surface area contributed by atoms with E-state index in [1.165, 1.54) is 10.6 Å². The Bertz CT molecular complexity index is 432. The maximum atomic E-state index is 11.6. The number of aromatic carboxylic acids is 1. The fraction of sp³-hybridized carbons (Fsp3) is 0.455. The fourth-order valence-corrected chi connectivity index (χ4v) is 1.59. The van der Waals surface area contributed by atoms with Crippen LogP contribution in [-0.2, 0) is 11.3 Å². The van der Waals surface area contributed by atoms with E-state index in [-0.39, 0.29) is 23.7 Å². The minimum atomic E-state index is -1.02. The number of nitrogens with one attached hydrogen (secondary N) is 1. The Morgan fingerprint density at radius 1 is 1.56 bits per heavy atom. The van der Waals surface area contributed by atoms with Crippen LogP contribution in [-0.4, -0.2) is 27.1 Å². The van der Waals surface area contributed by atoms with Crippen molar-refractivity contribution in [1.29, 1.82) is 0 Å². The largest absolute Gasteiger partial charge is 0.477 e. The molecule has 1 heterocycles. The first-order chi connectivity index (χ1) is 7.50. The summed E-state index contributed by atoms with van der Waals surface area (Å²) in [7, 11) is 0. The maximum Gasteiger partial charge on any atom is 0.352 e. The Morgan fingerprint density at radius 3 is 2.81 bits per heavy atom. The Hall–Kier alpha value is -1.78. The molecule has 5 heteroatoms. The summed E-state index contributed by atoms with van der Waals surface area (Å²) in [6.07, 6.45) is 3.59. The molecule has 0 aliphatic heterocycles. The van der Waals surface area contributed by atoms with E-state index in [1.807, 2.05) is 6.92 Å². The number of rotatable bonds is 4. The van der Waals surface area contributed by atoms with Gasteiger partial charge in [0.25, 0.3) is 0 Å². The van der Waals surface area contributed by atoms with Crippen LogP contribution in [0.25, 0.3) is 0 Å². The van der Waals surface area contributed by atoms with Crippen LogP contribution < -0.4 is 5.32 Å². The van der Waals surface area contributed by atoms with E-state index >= 15 is 0 Å². The second-order valence-electron chi connectivity index (χ2n) is 4.44. The van der Waals surface area contributed by atoms with Gasteiger partial charge in [-0.3, -0.25) is 4.79 Å². The standard InChI is InChI=1S/C11H14N2O3/c1-11(4-5-11)12-9(14)7-13-6-2-3-8(13)10(15)16/h2-3,6H,4-5,7H2,1H3,(H,12,14)(H,15,16). The minimum Gasteiger partial charge on any atom is -0.477 e. The number of aromatic nitrogens is 1. The highest BCUT2D eigenvalue weighted by atomic mass is 16.4. The lowest BCUT2D eigenvalue weighted by atomic mass is 10.3. The van der Waals surface area contributed by atoms with Gasteiger partial charge in [0.2, 0.25) is 5.91 Å². The molecule has 1 fully saturated rings. The zero-order chi connectivity index (χ0) is 11.8. The van der Waals surface area contributed by atoms with Crippen molar-refractivity contribution in [3.8, 4) is 0 Å². The molecule has 2 rings (SSSR count). The number of carbonyl (C=O) groups is 2. The average molecular weight is 222 g/mol. The third-order valence-electron chi connectivity index (χ3n) is 2.80. The molecule has 0 spiro atoms. The second-order valence-corrected chi connectivity index (χ2v) is 4.44. The topological polar surface area (TPSA) is 71.3 Å². The van der Waals surface area contributed by atoms with Crippen LogP contribution in [0, 0.1) is 0 Å². The quantitative estimate of drug-likeness (QED) is 0.793. The lowest BCUT2D eigenvalue weighted by molar-refractivity contribution is -0.122. The highest BCUT2D eigenvalue weighted by Gasteiger charge is 2.38. The first-order valence-corrected chi connectivity index (χ1v) is 5.20. The number of hydrogen-bond acceptors (Lipinski definition) is 2. The molecule has 1 amide bonds. The van der Waals surface area contributed by atoms with E-state index in [1.54, 1.807) is 12.3 Å². The van der Waals surface area contributed by atoms with Crippen molar-refractivity contribution in [2.45, 2.75) is 31.8 Å². The van der Waals surface area contributed by atoms with Crippen LogP contribution in [0.3, 0.4) is 0 Å². The number of hydrogen-bond donors (Lipinski definition) is 2. The lowest BCUT2D eigenvalue weighted by Gasteiger charge is -2.12. The zero-order valence-corrected chi connectivity index (χ0v) is 9.06. The number of nitrogens with zero attached hydrogens (tertiary/aromatic N) is 1. The van der Waals surface area contributed by atoms with Crippen LogP contribution >= 0.6 is 0 Å². The molecule has 86 valence electrons. The molecular formula is C11H14N2O3. The van der Waals surface area contributed by atoms with Crippen molar-refractivity contribution in [3.63, 3.8) is 0 Å². The van der Waals surface area contributed by atoms with E-state index in [0.29, 0.717) is 0 Å². The maximum absolute atomic E-state index is 11.6. The summed E-state index contributed by atoms with van der Waals surface area (Å²) in [6, 6.07) is 3.10. The molecule has 0 bridgehead atoms. The van der Waals surface area contributed by atoms with Crippen molar-refractivity contribution in [3.05, 3.63) is 24.0 Å². The molecule has 1 aliphatic rings. The first kappa shape index (κ1) is 10.7. The number of amides is 1. The molecule has 0 unspecified atom stereocenters. The van der Waals surface area contributed by atoms with Crippen LogP contribution in [0.5, 0.6) is 0 Å². The fourth-order valence-electron chi connectivity index (χ4n) is 1.59. The summed E-state index contributed by atoms with van der Waals surface area (Å²) in [4.78, 5) is 22.4. The van der Waals surface area contributed by atoms with E-state index in [2.05, 4.69) is 5.32 Å². The first-order valence-electron chi connectivity index (χ1n) is 5.20. The Kier molecular flexibility index (Phi) is 2.46. The molecule has 1 aromatic heterocycles. The van der Waals surface area contributed by atoms with Crippen LogP contribution in [0.2, 0.25) is 0 Å². The van der Waals surface area contributed by atoms with Crippen LogP contribution in [0.4, 0.5) is 0 Å². The van der Waals surface area contributed by atoms with Gasteiger partial charge in [-0.25, -0.2) is 4.79 Å². The van der Waals surface area contributed by atoms with Gasteiger partial charge < -0.3 is 15.0 Å². The Balaban J connectivity index is 2.00. The summed E-state index contributed by atoms with van der Waals surface area (Å²) in [5.41, 5.74) is 0.0734. The monoisotopic (exact) mass is 222 g/mol. The Labute approximate surface area is 93.1 Å². The van der Waals surface area contributed by atoms with Crippen molar-refractivity contribution in [2.24, 2.45) is 0 Å². The van der Waals surface area contributed by atoms with Gasteiger partial charge in [0, 0.05) is 11.7 Å². The molecule has 0 atom stereocenters. The average Bonchev–Trinajstić information content (AvgIpc) is 2.74. The highest BCUT2D eigenvalue weighted by Crippen LogP contribution is 2.34. The van der Waals surface area contributed by atoms with E-state index in [0.717, 1.165) is 12.8 Å². The smallest absolute Gasteiger partial charge is 0.352 e. The molecule has 1 aliphatic carbocycles. The van der Waals surface area contributed by atoms with Gasteiger partial charge in [0.1, 0.15) is 12.2 Å². The summed E-state index contributed by atoms with van der Waals surface area (Å²) >= 11 is 0. The van der Waals surface area contributed by atoms with Crippen molar-refractivity contribution < 1.29 is 14.7 Å². The van der Waals surface area contributed by atoms with Gasteiger partial charge in [-0.2, -0.15) is 0 Å². The third kappa shape index (κ3) is 2.24. The number of carbonyl (C=O) groups excluding carboxylic acids is 1. The van der Waals surface area contributed by atoms with Gasteiger partial charge in [0.15, 0.2) is 0 Å². The SMILES string of the molecule is CC1(NC(=O)Cn2cccc2C(=O)O)CC1. The molecule has 0 radical (unpaired) electrons. The van der Waals surface area contributed by atoms with Gasteiger partial charge in [0.05, 0.1) is 0 Å². The number of carboxylic acids is 1. The summed E-state index contributed by atoms with van der Waals surface area (Å²) in [6.45, 7) is 2.04. The van der Waals surface area contributed by atoms with Gasteiger partial charge in [-0.05, 0) is 31.9 Å². The predicted octanol–water partition coefficient (Wildman–Crippen LogP) is 0.855.